The lowest BCUT2D eigenvalue weighted by Gasteiger charge is -2.29. The van der Waals surface area contributed by atoms with E-state index in [2.05, 4.69) is 51.1 Å². The smallest absolute Gasteiger partial charge is 0.255 e. The zero-order chi connectivity index (χ0) is 20.9. The van der Waals surface area contributed by atoms with E-state index in [-0.39, 0.29) is 11.3 Å². The zero-order valence-electron chi connectivity index (χ0n) is 17.7. The van der Waals surface area contributed by atoms with Gasteiger partial charge in [0.1, 0.15) is 5.82 Å². The first kappa shape index (κ1) is 19.0. The average molecular weight is 406 g/mol. The van der Waals surface area contributed by atoms with Gasteiger partial charge in [-0.25, -0.2) is 4.98 Å². The molecule has 2 atom stereocenters. The number of allylic oxidation sites excluding steroid dienone is 2. The fraction of sp³-hybridized carbons (Fsp3) is 0.500. The third-order valence-electron chi connectivity index (χ3n) is 6.34. The van der Waals surface area contributed by atoms with Crippen molar-refractivity contribution in [3.8, 4) is 0 Å². The van der Waals surface area contributed by atoms with Crippen LogP contribution in [-0.4, -0.2) is 61.9 Å². The third-order valence-corrected chi connectivity index (χ3v) is 6.34. The van der Waals surface area contributed by atoms with E-state index < -0.39 is 0 Å². The van der Waals surface area contributed by atoms with Crippen molar-refractivity contribution in [3.63, 3.8) is 0 Å². The van der Waals surface area contributed by atoms with Gasteiger partial charge in [0.05, 0.1) is 35.6 Å². The number of rotatable bonds is 3. The number of carbonyl (C=O) groups excluding carboxylic acids is 1. The number of fused-ring (bicyclic) bond motifs is 1. The molecule has 156 valence electrons. The van der Waals surface area contributed by atoms with E-state index in [1.807, 2.05) is 18.0 Å². The van der Waals surface area contributed by atoms with Crippen LogP contribution in [0.2, 0.25) is 0 Å². The highest BCUT2D eigenvalue weighted by Crippen LogP contribution is 2.38. The van der Waals surface area contributed by atoms with Crippen LogP contribution in [-0.2, 0) is 4.79 Å². The lowest BCUT2D eigenvalue weighted by Crippen LogP contribution is -2.36. The van der Waals surface area contributed by atoms with Crippen LogP contribution in [0.25, 0.3) is 5.70 Å². The van der Waals surface area contributed by atoms with Gasteiger partial charge in [-0.15, -0.1) is 0 Å². The van der Waals surface area contributed by atoms with Crippen molar-refractivity contribution < 1.29 is 4.79 Å². The van der Waals surface area contributed by atoms with Gasteiger partial charge in [0, 0.05) is 44.2 Å². The molecule has 3 aliphatic rings. The average Bonchev–Trinajstić information content (AvgIpc) is 3.43. The molecule has 5 rings (SSSR count). The second-order valence-electron chi connectivity index (χ2n) is 9.31. The Bertz CT molecular complexity index is 1010. The van der Waals surface area contributed by atoms with Crippen molar-refractivity contribution in [3.05, 3.63) is 48.2 Å². The molecule has 1 aliphatic carbocycles. The normalized spacial score (nSPS) is 25.2. The number of aryl methyl sites for hydroxylation is 1. The maximum Gasteiger partial charge on any atom is 0.255 e. The van der Waals surface area contributed by atoms with E-state index in [0.717, 1.165) is 49.8 Å². The van der Waals surface area contributed by atoms with Crippen molar-refractivity contribution >= 4 is 17.4 Å². The van der Waals surface area contributed by atoms with Crippen LogP contribution in [0.15, 0.2) is 42.5 Å². The fourth-order valence-corrected chi connectivity index (χ4v) is 4.81. The predicted octanol–water partition coefficient (Wildman–Crippen LogP) is 2.17. The number of likely N-dealkylation sites (tertiary alicyclic amines) is 1. The molecule has 8 heteroatoms. The zero-order valence-corrected chi connectivity index (χ0v) is 17.7. The van der Waals surface area contributed by atoms with Crippen molar-refractivity contribution in [2.45, 2.75) is 27.2 Å². The lowest BCUT2D eigenvalue weighted by molar-refractivity contribution is -0.126. The molecule has 2 saturated heterocycles. The van der Waals surface area contributed by atoms with E-state index >= 15 is 0 Å². The summed E-state index contributed by atoms with van der Waals surface area (Å²) in [6.45, 7) is 9.66. The van der Waals surface area contributed by atoms with Crippen LogP contribution in [0.3, 0.4) is 0 Å². The van der Waals surface area contributed by atoms with E-state index in [1.54, 1.807) is 23.4 Å². The third kappa shape index (κ3) is 3.40. The summed E-state index contributed by atoms with van der Waals surface area (Å²) in [7, 11) is 0. The standard InChI is InChI=1S/C22H27N7O/c1-15-9-23-10-20(26-15)27-11-16-13-28(14-17(16)12-27)21(30)18-8-22(2,3)5-4-19(18)29-24-6-7-25-29/h4,6-10,16-17H,5,11-14H2,1-3H3. The highest BCUT2D eigenvalue weighted by molar-refractivity contribution is 6.06. The van der Waals surface area contributed by atoms with Crippen LogP contribution in [0.4, 0.5) is 5.82 Å². The van der Waals surface area contributed by atoms with Crippen molar-refractivity contribution in [2.24, 2.45) is 17.3 Å². The van der Waals surface area contributed by atoms with Gasteiger partial charge in [-0.3, -0.25) is 9.78 Å². The molecule has 0 spiro atoms. The number of hydrogen-bond donors (Lipinski definition) is 0. The van der Waals surface area contributed by atoms with Crippen molar-refractivity contribution in [1.29, 1.82) is 0 Å². The van der Waals surface area contributed by atoms with E-state index in [1.165, 1.54) is 0 Å². The molecule has 0 saturated carbocycles. The van der Waals surface area contributed by atoms with Gasteiger partial charge >= 0.3 is 0 Å². The summed E-state index contributed by atoms with van der Waals surface area (Å²) in [5.74, 6) is 1.95. The fourth-order valence-electron chi connectivity index (χ4n) is 4.81. The molecule has 2 aliphatic heterocycles. The summed E-state index contributed by atoms with van der Waals surface area (Å²) in [5.41, 5.74) is 2.37. The molecule has 1 amide bonds. The maximum atomic E-state index is 13.5. The number of carbonyl (C=O) groups is 1. The first-order chi connectivity index (χ1) is 14.4. The topological polar surface area (TPSA) is 80.0 Å². The number of aromatic nitrogens is 5. The van der Waals surface area contributed by atoms with Crippen LogP contribution >= 0.6 is 0 Å². The molecule has 8 nitrogen and oxygen atoms in total. The summed E-state index contributed by atoms with van der Waals surface area (Å²) in [6.07, 6.45) is 11.9. The Balaban J connectivity index is 1.32. The Kier molecular flexibility index (Phi) is 4.45. The van der Waals surface area contributed by atoms with Gasteiger partial charge in [-0.05, 0) is 18.8 Å². The summed E-state index contributed by atoms with van der Waals surface area (Å²) in [6, 6.07) is 0. The Morgan fingerprint density at radius 3 is 2.43 bits per heavy atom. The first-order valence-corrected chi connectivity index (χ1v) is 10.5. The Labute approximate surface area is 176 Å². The van der Waals surface area contributed by atoms with Crippen molar-refractivity contribution in [2.75, 3.05) is 31.1 Å². The van der Waals surface area contributed by atoms with Gasteiger partial charge in [0.15, 0.2) is 0 Å². The van der Waals surface area contributed by atoms with Crippen LogP contribution in [0.1, 0.15) is 26.0 Å². The molecule has 2 unspecified atom stereocenters. The Hall–Kier alpha value is -3.03. The summed E-state index contributed by atoms with van der Waals surface area (Å²) >= 11 is 0. The molecule has 2 aromatic heterocycles. The Morgan fingerprint density at radius 2 is 1.77 bits per heavy atom. The number of amides is 1. The van der Waals surface area contributed by atoms with Crippen LogP contribution in [0.5, 0.6) is 0 Å². The van der Waals surface area contributed by atoms with Gasteiger partial charge in [0.25, 0.3) is 5.91 Å². The predicted molar refractivity (Wildman–Crippen MR) is 113 cm³/mol. The van der Waals surface area contributed by atoms with E-state index in [0.29, 0.717) is 17.4 Å². The van der Waals surface area contributed by atoms with E-state index in [4.69, 9.17) is 0 Å². The molecule has 0 aromatic carbocycles. The number of hydrogen-bond acceptors (Lipinski definition) is 6. The largest absolute Gasteiger partial charge is 0.355 e. The second-order valence-corrected chi connectivity index (χ2v) is 9.31. The minimum absolute atomic E-state index is 0.0577. The molecule has 30 heavy (non-hydrogen) atoms. The number of anilines is 1. The summed E-state index contributed by atoms with van der Waals surface area (Å²) < 4.78 is 0. The van der Waals surface area contributed by atoms with Gasteiger partial charge in [-0.1, -0.05) is 26.0 Å². The van der Waals surface area contributed by atoms with Gasteiger partial charge in [0.2, 0.25) is 0 Å². The quantitative estimate of drug-likeness (QED) is 0.779. The summed E-state index contributed by atoms with van der Waals surface area (Å²) in [4.78, 5) is 28.3. The molecule has 0 N–H and O–H groups in total. The monoisotopic (exact) mass is 405 g/mol. The van der Waals surface area contributed by atoms with Gasteiger partial charge < -0.3 is 9.80 Å². The second kappa shape index (κ2) is 7.04. The highest BCUT2D eigenvalue weighted by atomic mass is 16.2. The maximum absolute atomic E-state index is 13.5. The van der Waals surface area contributed by atoms with Crippen molar-refractivity contribution in [1.82, 2.24) is 29.9 Å². The first-order valence-electron chi connectivity index (χ1n) is 10.5. The molecular formula is C22H27N7O. The molecule has 0 radical (unpaired) electrons. The molecule has 2 fully saturated rings. The number of nitrogens with zero attached hydrogens (tertiary/aromatic N) is 7. The van der Waals surface area contributed by atoms with E-state index in [9.17, 15) is 4.79 Å². The molecule has 0 bridgehead atoms. The Morgan fingerprint density at radius 1 is 1.07 bits per heavy atom. The highest BCUT2D eigenvalue weighted by Gasteiger charge is 2.43. The van der Waals surface area contributed by atoms with Crippen LogP contribution in [0, 0.1) is 24.2 Å². The lowest BCUT2D eigenvalue weighted by atomic mass is 9.82. The summed E-state index contributed by atoms with van der Waals surface area (Å²) in [5, 5.41) is 8.52. The van der Waals surface area contributed by atoms with Crippen LogP contribution < -0.4 is 4.90 Å². The molecule has 2 aromatic rings. The molecule has 4 heterocycles. The minimum Gasteiger partial charge on any atom is -0.355 e. The minimum atomic E-state index is -0.0577. The van der Waals surface area contributed by atoms with Gasteiger partial charge in [-0.2, -0.15) is 15.0 Å². The SMILES string of the molecule is Cc1cncc(N2CC3CN(C(=O)C4=CC(C)(C)CC=C4n4nccn4)CC3C2)n1. The molecular weight excluding hydrogens is 378 g/mol.